The molecular formula is C21H19FN4O. The number of hydrogen-bond donors (Lipinski definition) is 0. The van der Waals surface area contributed by atoms with Crippen LogP contribution in [0.3, 0.4) is 0 Å². The number of benzene rings is 2. The molecule has 2 heterocycles. The molecule has 1 fully saturated rings. The summed E-state index contributed by atoms with van der Waals surface area (Å²) >= 11 is 0. The maximum absolute atomic E-state index is 13.0. The molecule has 1 aromatic heterocycles. The van der Waals surface area contributed by atoms with Gasteiger partial charge in [0.1, 0.15) is 5.82 Å². The van der Waals surface area contributed by atoms with Crippen LogP contribution >= 0.6 is 0 Å². The lowest BCUT2D eigenvalue weighted by Crippen LogP contribution is -2.32. The van der Waals surface area contributed by atoms with E-state index in [0.717, 1.165) is 38.0 Å². The second-order valence-corrected chi connectivity index (χ2v) is 6.81. The summed E-state index contributed by atoms with van der Waals surface area (Å²) in [5.41, 5.74) is 2.63. The van der Waals surface area contributed by atoms with Crippen molar-refractivity contribution in [2.24, 2.45) is 0 Å². The van der Waals surface area contributed by atoms with E-state index < -0.39 is 0 Å². The van der Waals surface area contributed by atoms with Gasteiger partial charge in [0.15, 0.2) is 0 Å². The number of aromatic nitrogens is 2. The Hall–Kier alpha value is -3.04. The first kappa shape index (κ1) is 17.4. The average molecular weight is 362 g/mol. The Morgan fingerprint density at radius 3 is 2.41 bits per heavy atom. The standard InChI is InChI=1S/C21H19FN4O/c22-19-7-5-17(6-8-19)20-24-25-21(27-20)18-9-11-26(12-10-18)14-16-3-1-15(13-23)2-4-16/h1-8,18H,9-12,14H2. The first-order chi connectivity index (χ1) is 13.2. The van der Waals surface area contributed by atoms with Gasteiger partial charge in [-0.25, -0.2) is 4.39 Å². The van der Waals surface area contributed by atoms with Crippen LogP contribution < -0.4 is 0 Å². The molecule has 3 aromatic rings. The molecule has 0 amide bonds. The van der Waals surface area contributed by atoms with Crippen molar-refractivity contribution in [1.82, 2.24) is 15.1 Å². The molecule has 1 saturated heterocycles. The van der Waals surface area contributed by atoms with E-state index in [-0.39, 0.29) is 11.7 Å². The summed E-state index contributed by atoms with van der Waals surface area (Å²) < 4.78 is 18.9. The zero-order valence-electron chi connectivity index (χ0n) is 14.8. The Kier molecular flexibility index (Phi) is 4.95. The molecule has 0 atom stereocenters. The van der Waals surface area contributed by atoms with Gasteiger partial charge < -0.3 is 4.42 Å². The largest absolute Gasteiger partial charge is 0.420 e. The van der Waals surface area contributed by atoms with Crippen molar-refractivity contribution in [2.75, 3.05) is 13.1 Å². The number of halogens is 1. The molecule has 0 spiro atoms. The number of hydrogen-bond acceptors (Lipinski definition) is 5. The van der Waals surface area contributed by atoms with Gasteiger partial charge in [0.05, 0.1) is 11.6 Å². The lowest BCUT2D eigenvalue weighted by atomic mass is 9.96. The number of nitriles is 1. The van der Waals surface area contributed by atoms with Gasteiger partial charge in [0, 0.05) is 18.0 Å². The highest BCUT2D eigenvalue weighted by molar-refractivity contribution is 5.52. The van der Waals surface area contributed by atoms with Gasteiger partial charge in [-0.15, -0.1) is 10.2 Å². The third-order valence-corrected chi connectivity index (χ3v) is 4.96. The van der Waals surface area contributed by atoms with Crippen molar-refractivity contribution in [3.63, 3.8) is 0 Å². The number of piperidine rings is 1. The maximum atomic E-state index is 13.0. The van der Waals surface area contributed by atoms with Gasteiger partial charge in [0.2, 0.25) is 11.8 Å². The van der Waals surface area contributed by atoms with Crippen LogP contribution in [-0.2, 0) is 6.54 Å². The Labute approximate surface area is 157 Å². The van der Waals surface area contributed by atoms with Crippen molar-refractivity contribution < 1.29 is 8.81 Å². The summed E-state index contributed by atoms with van der Waals surface area (Å²) in [5, 5.41) is 17.2. The summed E-state index contributed by atoms with van der Waals surface area (Å²) in [5.74, 6) is 1.06. The van der Waals surface area contributed by atoms with E-state index in [4.69, 9.17) is 9.68 Å². The number of likely N-dealkylation sites (tertiary alicyclic amines) is 1. The molecule has 0 radical (unpaired) electrons. The third-order valence-electron chi connectivity index (χ3n) is 4.96. The minimum atomic E-state index is -0.284. The van der Waals surface area contributed by atoms with Crippen LogP contribution in [0.1, 0.15) is 35.8 Å². The van der Waals surface area contributed by atoms with E-state index in [1.165, 1.54) is 17.7 Å². The van der Waals surface area contributed by atoms with E-state index in [1.54, 1.807) is 12.1 Å². The minimum absolute atomic E-state index is 0.254. The van der Waals surface area contributed by atoms with E-state index >= 15 is 0 Å². The van der Waals surface area contributed by atoms with Crippen LogP contribution in [0.4, 0.5) is 4.39 Å². The molecule has 6 heteroatoms. The Bertz CT molecular complexity index is 936. The van der Waals surface area contributed by atoms with Crippen molar-refractivity contribution in [1.29, 1.82) is 5.26 Å². The lowest BCUT2D eigenvalue weighted by Gasteiger charge is -2.30. The predicted octanol–water partition coefficient (Wildman–Crippen LogP) is 4.13. The van der Waals surface area contributed by atoms with Crippen LogP contribution in [0.15, 0.2) is 52.9 Å². The van der Waals surface area contributed by atoms with Gasteiger partial charge >= 0.3 is 0 Å². The van der Waals surface area contributed by atoms with Gasteiger partial charge in [0.25, 0.3) is 0 Å². The lowest BCUT2D eigenvalue weighted by molar-refractivity contribution is 0.193. The van der Waals surface area contributed by atoms with E-state index in [2.05, 4.69) is 21.2 Å². The monoisotopic (exact) mass is 362 g/mol. The first-order valence-corrected chi connectivity index (χ1v) is 9.02. The Morgan fingerprint density at radius 2 is 1.74 bits per heavy atom. The fraction of sp³-hybridized carbons (Fsp3) is 0.286. The topological polar surface area (TPSA) is 66.0 Å². The molecule has 0 N–H and O–H groups in total. The molecule has 5 nitrogen and oxygen atoms in total. The fourth-order valence-electron chi connectivity index (χ4n) is 3.39. The predicted molar refractivity (Wildman–Crippen MR) is 98.1 cm³/mol. The molecule has 0 unspecified atom stereocenters. The SMILES string of the molecule is N#Cc1ccc(CN2CCC(c3nnc(-c4ccc(F)cc4)o3)CC2)cc1. The highest BCUT2D eigenvalue weighted by Crippen LogP contribution is 2.30. The van der Waals surface area contributed by atoms with Gasteiger partial charge in [-0.05, 0) is 67.9 Å². The van der Waals surface area contributed by atoms with E-state index in [9.17, 15) is 4.39 Å². The fourth-order valence-corrected chi connectivity index (χ4v) is 3.39. The second-order valence-electron chi connectivity index (χ2n) is 6.81. The Balaban J connectivity index is 1.35. The molecule has 2 aromatic carbocycles. The van der Waals surface area contributed by atoms with Crippen LogP contribution in [0.2, 0.25) is 0 Å². The van der Waals surface area contributed by atoms with Crippen LogP contribution in [0.25, 0.3) is 11.5 Å². The van der Waals surface area contributed by atoms with E-state index in [0.29, 0.717) is 17.3 Å². The molecule has 0 aliphatic carbocycles. The highest BCUT2D eigenvalue weighted by atomic mass is 19.1. The summed E-state index contributed by atoms with van der Waals surface area (Å²) in [6.07, 6.45) is 1.92. The van der Waals surface area contributed by atoms with Gasteiger partial charge in [-0.3, -0.25) is 4.90 Å². The van der Waals surface area contributed by atoms with Crippen LogP contribution in [-0.4, -0.2) is 28.2 Å². The molecule has 1 aliphatic rings. The zero-order chi connectivity index (χ0) is 18.6. The van der Waals surface area contributed by atoms with Crippen molar-refractivity contribution in [3.05, 3.63) is 71.4 Å². The van der Waals surface area contributed by atoms with Crippen LogP contribution in [0.5, 0.6) is 0 Å². The summed E-state index contributed by atoms with van der Waals surface area (Å²) in [7, 11) is 0. The van der Waals surface area contributed by atoms with E-state index in [1.807, 2.05) is 24.3 Å². The van der Waals surface area contributed by atoms with Crippen LogP contribution in [0, 0.1) is 17.1 Å². The average Bonchev–Trinajstić information content (AvgIpc) is 3.20. The number of nitrogens with zero attached hydrogens (tertiary/aromatic N) is 4. The smallest absolute Gasteiger partial charge is 0.247 e. The van der Waals surface area contributed by atoms with Crippen molar-refractivity contribution in [2.45, 2.75) is 25.3 Å². The third kappa shape index (κ3) is 4.04. The molecule has 136 valence electrons. The molecule has 27 heavy (non-hydrogen) atoms. The first-order valence-electron chi connectivity index (χ1n) is 9.02. The summed E-state index contributed by atoms with van der Waals surface area (Å²) in [4.78, 5) is 2.40. The normalized spacial score (nSPS) is 15.6. The van der Waals surface area contributed by atoms with Gasteiger partial charge in [-0.1, -0.05) is 12.1 Å². The van der Waals surface area contributed by atoms with Crippen molar-refractivity contribution in [3.8, 4) is 17.5 Å². The molecule has 0 bridgehead atoms. The minimum Gasteiger partial charge on any atom is -0.420 e. The maximum Gasteiger partial charge on any atom is 0.247 e. The quantitative estimate of drug-likeness (QED) is 0.698. The highest BCUT2D eigenvalue weighted by Gasteiger charge is 2.25. The zero-order valence-corrected chi connectivity index (χ0v) is 14.8. The number of rotatable bonds is 4. The Morgan fingerprint density at radius 1 is 1.04 bits per heavy atom. The van der Waals surface area contributed by atoms with Crippen molar-refractivity contribution >= 4 is 0 Å². The summed E-state index contributed by atoms with van der Waals surface area (Å²) in [6.45, 7) is 2.79. The second kappa shape index (κ2) is 7.68. The molecule has 0 saturated carbocycles. The van der Waals surface area contributed by atoms with Gasteiger partial charge in [-0.2, -0.15) is 5.26 Å². The molecule has 1 aliphatic heterocycles. The molecular weight excluding hydrogens is 343 g/mol. The summed E-state index contributed by atoms with van der Waals surface area (Å²) in [6, 6.07) is 16.0. The molecule has 4 rings (SSSR count).